The van der Waals surface area contributed by atoms with Gasteiger partial charge in [-0.05, 0) is 17.7 Å². The number of hydrogen-bond donors (Lipinski definition) is 2. The highest BCUT2D eigenvalue weighted by atomic mass is 35.5. The van der Waals surface area contributed by atoms with Crippen molar-refractivity contribution in [2.75, 3.05) is 13.1 Å². The quantitative estimate of drug-likeness (QED) is 0.785. The van der Waals surface area contributed by atoms with Crippen LogP contribution in [-0.4, -0.2) is 24.9 Å². The lowest BCUT2D eigenvalue weighted by Crippen LogP contribution is -2.36. The lowest BCUT2D eigenvalue weighted by Gasteiger charge is -2.08. The molecule has 0 aliphatic heterocycles. The Labute approximate surface area is 105 Å². The van der Waals surface area contributed by atoms with E-state index in [4.69, 9.17) is 16.0 Å². The second-order valence-electron chi connectivity index (χ2n) is 3.81. The molecule has 17 heavy (non-hydrogen) atoms. The summed E-state index contributed by atoms with van der Waals surface area (Å²) in [4.78, 5) is 22.7. The average Bonchev–Trinajstić information content (AvgIpc) is 2.70. The first kappa shape index (κ1) is 13.6. The number of rotatable bonds is 5. The molecule has 1 aromatic rings. The monoisotopic (exact) mass is 258 g/mol. The van der Waals surface area contributed by atoms with Gasteiger partial charge in [0.2, 0.25) is 11.1 Å². The van der Waals surface area contributed by atoms with Gasteiger partial charge in [-0.15, -0.1) is 0 Å². The van der Waals surface area contributed by atoms with Gasteiger partial charge in [0.15, 0.2) is 0 Å². The summed E-state index contributed by atoms with van der Waals surface area (Å²) in [6.45, 7) is 4.34. The Bertz CT molecular complexity index is 401. The first-order valence-corrected chi connectivity index (χ1v) is 5.69. The minimum Gasteiger partial charge on any atom is -0.452 e. The summed E-state index contributed by atoms with van der Waals surface area (Å²) in [5, 5.41) is 5.37. The molecule has 0 saturated heterocycles. The predicted octanol–water partition coefficient (Wildman–Crippen LogP) is 1.43. The van der Waals surface area contributed by atoms with Crippen molar-refractivity contribution in [3.63, 3.8) is 0 Å². The number of furan rings is 1. The molecule has 6 heteroatoms. The molecule has 1 heterocycles. The van der Waals surface area contributed by atoms with Gasteiger partial charge >= 0.3 is 0 Å². The van der Waals surface area contributed by atoms with Gasteiger partial charge in [-0.3, -0.25) is 9.59 Å². The number of nitrogens with one attached hydrogen (secondary N) is 2. The lowest BCUT2D eigenvalue weighted by atomic mass is 10.2. The van der Waals surface area contributed by atoms with Crippen molar-refractivity contribution in [1.82, 2.24) is 10.6 Å². The van der Waals surface area contributed by atoms with E-state index < -0.39 is 0 Å². The molecule has 94 valence electrons. The van der Waals surface area contributed by atoms with Gasteiger partial charge < -0.3 is 15.1 Å². The normalized spacial score (nSPS) is 10.4. The maximum atomic E-state index is 11.5. The molecule has 5 nitrogen and oxygen atoms in total. The SMILES string of the molecule is CC(C)C(=O)NCCNC(=O)c1ccoc1Cl. The van der Waals surface area contributed by atoms with E-state index in [2.05, 4.69) is 10.6 Å². The summed E-state index contributed by atoms with van der Waals surface area (Å²) in [5.74, 6) is -0.419. The Morgan fingerprint density at radius 3 is 2.53 bits per heavy atom. The number of halogens is 1. The number of amides is 2. The fourth-order valence-corrected chi connectivity index (χ4v) is 1.32. The molecule has 2 amide bonds. The van der Waals surface area contributed by atoms with Crippen molar-refractivity contribution < 1.29 is 14.0 Å². The third kappa shape index (κ3) is 4.11. The maximum Gasteiger partial charge on any atom is 0.256 e. The second kappa shape index (κ2) is 6.30. The highest BCUT2D eigenvalue weighted by molar-refractivity contribution is 6.32. The molecule has 0 atom stereocenters. The van der Waals surface area contributed by atoms with Crippen LogP contribution in [0.5, 0.6) is 0 Å². The van der Waals surface area contributed by atoms with Crippen molar-refractivity contribution >= 4 is 23.4 Å². The standard InChI is InChI=1S/C11H15ClN2O3/c1-7(2)10(15)13-4-5-14-11(16)8-3-6-17-9(8)12/h3,6-7H,4-5H2,1-2H3,(H,13,15)(H,14,16). The number of hydrogen-bond acceptors (Lipinski definition) is 3. The van der Waals surface area contributed by atoms with Crippen molar-refractivity contribution in [1.29, 1.82) is 0 Å². The molecule has 0 aliphatic rings. The predicted molar refractivity (Wildman–Crippen MR) is 63.9 cm³/mol. The molecule has 1 aromatic heterocycles. The topological polar surface area (TPSA) is 71.3 Å². The van der Waals surface area contributed by atoms with E-state index in [0.29, 0.717) is 18.7 Å². The molecule has 0 fully saturated rings. The molecule has 0 radical (unpaired) electrons. The van der Waals surface area contributed by atoms with Gasteiger partial charge in [0.05, 0.1) is 11.8 Å². The Morgan fingerprint density at radius 1 is 1.35 bits per heavy atom. The molecule has 0 bridgehead atoms. The zero-order chi connectivity index (χ0) is 12.8. The Morgan fingerprint density at radius 2 is 2.00 bits per heavy atom. The van der Waals surface area contributed by atoms with Crippen LogP contribution in [0.1, 0.15) is 24.2 Å². The molecule has 1 rings (SSSR count). The molecule has 0 aliphatic carbocycles. The molecule has 2 N–H and O–H groups in total. The van der Waals surface area contributed by atoms with Crippen LogP contribution in [0.2, 0.25) is 5.22 Å². The molecule has 0 aromatic carbocycles. The molecule has 0 spiro atoms. The van der Waals surface area contributed by atoms with Crippen molar-refractivity contribution in [3.05, 3.63) is 23.1 Å². The van der Waals surface area contributed by atoms with Gasteiger partial charge in [-0.25, -0.2) is 0 Å². The minimum absolute atomic E-state index is 0.0411. The highest BCUT2D eigenvalue weighted by Crippen LogP contribution is 2.15. The second-order valence-corrected chi connectivity index (χ2v) is 4.15. The Hall–Kier alpha value is -1.49. The first-order chi connectivity index (χ1) is 8.02. The summed E-state index contributed by atoms with van der Waals surface area (Å²) in [6.07, 6.45) is 1.35. The van der Waals surface area contributed by atoms with Crippen LogP contribution < -0.4 is 10.6 Å². The van der Waals surface area contributed by atoms with Crippen molar-refractivity contribution in [2.24, 2.45) is 5.92 Å². The van der Waals surface area contributed by atoms with E-state index in [0.717, 1.165) is 0 Å². The van der Waals surface area contributed by atoms with Gasteiger partial charge in [0.25, 0.3) is 5.91 Å². The van der Waals surface area contributed by atoms with Crippen LogP contribution in [0.3, 0.4) is 0 Å². The molecular weight excluding hydrogens is 244 g/mol. The van der Waals surface area contributed by atoms with Crippen LogP contribution >= 0.6 is 11.6 Å². The first-order valence-electron chi connectivity index (χ1n) is 5.31. The van der Waals surface area contributed by atoms with Crippen molar-refractivity contribution in [3.8, 4) is 0 Å². The zero-order valence-electron chi connectivity index (χ0n) is 9.75. The van der Waals surface area contributed by atoms with Crippen LogP contribution in [-0.2, 0) is 4.79 Å². The van der Waals surface area contributed by atoms with Gasteiger partial charge in [-0.1, -0.05) is 13.8 Å². The molecule has 0 unspecified atom stereocenters. The van der Waals surface area contributed by atoms with E-state index in [1.807, 2.05) is 0 Å². The summed E-state index contributed by atoms with van der Waals surface area (Å²) < 4.78 is 4.80. The summed E-state index contributed by atoms with van der Waals surface area (Å²) >= 11 is 5.64. The fraction of sp³-hybridized carbons (Fsp3) is 0.455. The third-order valence-corrected chi connectivity index (χ3v) is 2.39. The number of carbonyl (C=O) groups is 2. The summed E-state index contributed by atoms with van der Waals surface area (Å²) in [6, 6.07) is 1.49. The smallest absolute Gasteiger partial charge is 0.256 e. The van der Waals surface area contributed by atoms with Gasteiger partial charge in [0, 0.05) is 19.0 Å². The highest BCUT2D eigenvalue weighted by Gasteiger charge is 2.12. The Kier molecular flexibility index (Phi) is 5.03. The fourth-order valence-electron chi connectivity index (χ4n) is 1.12. The Balaban J connectivity index is 2.26. The summed E-state index contributed by atoms with van der Waals surface area (Å²) in [5.41, 5.74) is 0.293. The van der Waals surface area contributed by atoms with E-state index in [1.165, 1.54) is 12.3 Å². The minimum atomic E-state index is -0.317. The van der Waals surface area contributed by atoms with Crippen molar-refractivity contribution in [2.45, 2.75) is 13.8 Å². The van der Waals surface area contributed by atoms with Crippen LogP contribution in [0.25, 0.3) is 0 Å². The lowest BCUT2D eigenvalue weighted by molar-refractivity contribution is -0.123. The number of carbonyl (C=O) groups excluding carboxylic acids is 2. The van der Waals surface area contributed by atoms with E-state index in [9.17, 15) is 9.59 Å². The van der Waals surface area contributed by atoms with E-state index in [1.54, 1.807) is 13.8 Å². The third-order valence-electron chi connectivity index (χ3n) is 2.10. The maximum absolute atomic E-state index is 11.5. The average molecular weight is 259 g/mol. The van der Waals surface area contributed by atoms with Gasteiger partial charge in [-0.2, -0.15) is 0 Å². The van der Waals surface area contributed by atoms with E-state index in [-0.39, 0.29) is 23.0 Å². The van der Waals surface area contributed by atoms with Crippen LogP contribution in [0, 0.1) is 5.92 Å². The van der Waals surface area contributed by atoms with Gasteiger partial charge in [0.1, 0.15) is 0 Å². The van der Waals surface area contributed by atoms with E-state index >= 15 is 0 Å². The largest absolute Gasteiger partial charge is 0.452 e. The summed E-state index contributed by atoms with van der Waals surface area (Å²) in [7, 11) is 0. The molecular formula is C11H15ClN2O3. The van der Waals surface area contributed by atoms with Crippen LogP contribution in [0.15, 0.2) is 16.7 Å². The molecule has 0 saturated carbocycles. The zero-order valence-corrected chi connectivity index (χ0v) is 10.5. The van der Waals surface area contributed by atoms with Crippen LogP contribution in [0.4, 0.5) is 0 Å².